The summed E-state index contributed by atoms with van der Waals surface area (Å²) in [6, 6.07) is 19.3. The molecular formula is C22H25NO2. The highest BCUT2D eigenvalue weighted by atomic mass is 16.5. The van der Waals surface area contributed by atoms with Crippen LogP contribution in [0.25, 0.3) is 0 Å². The monoisotopic (exact) mass is 335 g/mol. The number of benzene rings is 2. The van der Waals surface area contributed by atoms with Crippen LogP contribution in [-0.4, -0.2) is 36.0 Å². The second-order valence-corrected chi connectivity index (χ2v) is 7.41. The quantitative estimate of drug-likeness (QED) is 0.795. The van der Waals surface area contributed by atoms with E-state index in [1.165, 1.54) is 5.56 Å². The van der Waals surface area contributed by atoms with Gasteiger partial charge in [-0.2, -0.15) is 0 Å². The first-order valence-electron chi connectivity index (χ1n) is 9.19. The summed E-state index contributed by atoms with van der Waals surface area (Å²) in [5.41, 5.74) is 3.35. The topological polar surface area (TPSA) is 29.5 Å². The molecule has 2 unspecified atom stereocenters. The van der Waals surface area contributed by atoms with Gasteiger partial charge < -0.3 is 4.74 Å². The lowest BCUT2D eigenvalue weighted by Gasteiger charge is -2.48. The van der Waals surface area contributed by atoms with Crippen LogP contribution in [0.3, 0.4) is 0 Å². The molecule has 2 aliphatic rings. The van der Waals surface area contributed by atoms with Crippen molar-refractivity contribution in [2.45, 2.75) is 38.4 Å². The molecule has 2 aromatic carbocycles. The maximum atomic E-state index is 13.0. The average Bonchev–Trinajstić information content (AvgIpc) is 2.62. The van der Waals surface area contributed by atoms with Crippen LogP contribution in [0.1, 0.15) is 34.3 Å². The van der Waals surface area contributed by atoms with Crippen molar-refractivity contribution >= 4 is 5.78 Å². The SMILES string of the molecule is Cc1cccc(C(=O)C2CC3COCC(C2)N3Cc2ccccc2)c1. The van der Waals surface area contributed by atoms with Crippen LogP contribution in [0.5, 0.6) is 0 Å². The molecule has 3 heteroatoms. The van der Waals surface area contributed by atoms with Crippen LogP contribution in [-0.2, 0) is 11.3 Å². The van der Waals surface area contributed by atoms with Crippen LogP contribution in [0.15, 0.2) is 54.6 Å². The summed E-state index contributed by atoms with van der Waals surface area (Å²) in [6.07, 6.45) is 1.80. The van der Waals surface area contributed by atoms with Crippen molar-refractivity contribution in [1.82, 2.24) is 4.90 Å². The molecule has 2 aromatic rings. The van der Waals surface area contributed by atoms with E-state index in [0.717, 1.165) is 43.7 Å². The maximum Gasteiger partial charge on any atom is 0.166 e. The van der Waals surface area contributed by atoms with Gasteiger partial charge in [0.05, 0.1) is 13.2 Å². The van der Waals surface area contributed by atoms with Crippen LogP contribution in [0.4, 0.5) is 0 Å². The van der Waals surface area contributed by atoms with Crippen molar-refractivity contribution in [1.29, 1.82) is 0 Å². The first-order chi connectivity index (χ1) is 12.2. The normalized spacial score (nSPS) is 26.4. The molecule has 0 aromatic heterocycles. The van der Waals surface area contributed by atoms with E-state index in [2.05, 4.69) is 35.2 Å². The predicted octanol–water partition coefficient (Wildman–Crippen LogP) is 3.86. The lowest BCUT2D eigenvalue weighted by molar-refractivity contribution is -0.0872. The van der Waals surface area contributed by atoms with Gasteiger partial charge in [0.1, 0.15) is 0 Å². The van der Waals surface area contributed by atoms with Gasteiger partial charge in [-0.1, -0.05) is 54.1 Å². The van der Waals surface area contributed by atoms with E-state index < -0.39 is 0 Å². The Bertz CT molecular complexity index is 729. The molecule has 0 radical (unpaired) electrons. The molecule has 2 saturated heterocycles. The predicted molar refractivity (Wildman–Crippen MR) is 98.6 cm³/mol. The zero-order valence-corrected chi connectivity index (χ0v) is 14.7. The molecule has 3 nitrogen and oxygen atoms in total. The Balaban J connectivity index is 1.50. The van der Waals surface area contributed by atoms with E-state index >= 15 is 0 Å². The second-order valence-electron chi connectivity index (χ2n) is 7.41. The lowest BCUT2D eigenvalue weighted by Crippen LogP contribution is -2.57. The number of carbonyl (C=O) groups excluding carboxylic acids is 1. The largest absolute Gasteiger partial charge is 0.378 e. The Morgan fingerprint density at radius 2 is 1.76 bits per heavy atom. The van der Waals surface area contributed by atoms with Crippen LogP contribution < -0.4 is 0 Å². The smallest absolute Gasteiger partial charge is 0.166 e. The van der Waals surface area contributed by atoms with Crippen molar-refractivity contribution in [2.24, 2.45) is 5.92 Å². The van der Waals surface area contributed by atoms with Gasteiger partial charge in [0, 0.05) is 30.1 Å². The van der Waals surface area contributed by atoms with E-state index in [4.69, 9.17) is 4.74 Å². The van der Waals surface area contributed by atoms with Crippen molar-refractivity contribution in [2.75, 3.05) is 13.2 Å². The second kappa shape index (κ2) is 7.11. The zero-order chi connectivity index (χ0) is 17.2. The molecule has 2 bridgehead atoms. The minimum atomic E-state index is 0.118. The van der Waals surface area contributed by atoms with E-state index in [1.54, 1.807) is 0 Å². The van der Waals surface area contributed by atoms with Gasteiger partial charge in [-0.15, -0.1) is 0 Å². The van der Waals surface area contributed by atoms with Crippen LogP contribution in [0.2, 0.25) is 0 Å². The highest BCUT2D eigenvalue weighted by molar-refractivity contribution is 5.98. The number of rotatable bonds is 4. The van der Waals surface area contributed by atoms with Gasteiger partial charge >= 0.3 is 0 Å². The molecule has 130 valence electrons. The Labute approximate surface area is 149 Å². The third-order valence-electron chi connectivity index (χ3n) is 5.55. The number of Topliss-reactive ketones (excluding diaryl/α,β-unsaturated/α-hetero) is 1. The molecular weight excluding hydrogens is 310 g/mol. The number of hydrogen-bond donors (Lipinski definition) is 0. The molecule has 2 fully saturated rings. The molecule has 0 amide bonds. The Morgan fingerprint density at radius 3 is 2.44 bits per heavy atom. The molecule has 25 heavy (non-hydrogen) atoms. The molecule has 2 heterocycles. The van der Waals surface area contributed by atoms with Gasteiger partial charge in [-0.25, -0.2) is 0 Å². The molecule has 0 spiro atoms. The number of morpholine rings is 1. The fourth-order valence-corrected chi connectivity index (χ4v) is 4.29. The van der Waals surface area contributed by atoms with Gasteiger partial charge in [-0.05, 0) is 31.4 Å². The number of piperidine rings is 1. The lowest BCUT2D eigenvalue weighted by atomic mass is 9.80. The van der Waals surface area contributed by atoms with Crippen LogP contribution in [0, 0.1) is 12.8 Å². The third kappa shape index (κ3) is 3.53. The van der Waals surface area contributed by atoms with Gasteiger partial charge in [0.15, 0.2) is 5.78 Å². The maximum absolute atomic E-state index is 13.0. The van der Waals surface area contributed by atoms with E-state index in [0.29, 0.717) is 17.9 Å². The first kappa shape index (κ1) is 16.5. The number of fused-ring (bicyclic) bond motifs is 2. The molecule has 2 aliphatic heterocycles. The molecule has 2 atom stereocenters. The van der Waals surface area contributed by atoms with Crippen molar-refractivity contribution in [3.05, 3.63) is 71.3 Å². The molecule has 0 aliphatic carbocycles. The van der Waals surface area contributed by atoms with Gasteiger partial charge in [-0.3, -0.25) is 9.69 Å². The van der Waals surface area contributed by atoms with E-state index in [9.17, 15) is 4.79 Å². The standard InChI is InChI=1S/C22H25NO2/c1-16-6-5-9-18(10-16)22(24)19-11-20-14-25-15-21(12-19)23(20)13-17-7-3-2-4-8-17/h2-10,19-21H,11-15H2,1H3. The molecule has 4 rings (SSSR count). The van der Waals surface area contributed by atoms with E-state index in [1.807, 2.05) is 31.2 Å². The van der Waals surface area contributed by atoms with Crippen molar-refractivity contribution in [3.63, 3.8) is 0 Å². The van der Waals surface area contributed by atoms with Gasteiger partial charge in [0.25, 0.3) is 0 Å². The third-order valence-corrected chi connectivity index (χ3v) is 5.55. The summed E-state index contributed by atoms with van der Waals surface area (Å²) in [5.74, 6) is 0.424. The number of carbonyl (C=O) groups is 1. The number of nitrogens with zero attached hydrogens (tertiary/aromatic N) is 1. The minimum absolute atomic E-state index is 0.118. The van der Waals surface area contributed by atoms with Crippen molar-refractivity contribution < 1.29 is 9.53 Å². The Hall–Kier alpha value is -1.97. The molecule has 0 N–H and O–H groups in total. The molecule has 0 saturated carbocycles. The number of hydrogen-bond acceptors (Lipinski definition) is 3. The summed E-state index contributed by atoms with van der Waals surface area (Å²) in [6.45, 7) is 4.47. The highest BCUT2D eigenvalue weighted by Gasteiger charge is 2.41. The van der Waals surface area contributed by atoms with E-state index in [-0.39, 0.29) is 5.92 Å². The fourth-order valence-electron chi connectivity index (χ4n) is 4.29. The summed E-state index contributed by atoms with van der Waals surface area (Å²) in [7, 11) is 0. The first-order valence-corrected chi connectivity index (χ1v) is 9.19. The minimum Gasteiger partial charge on any atom is -0.378 e. The number of ketones is 1. The average molecular weight is 335 g/mol. The van der Waals surface area contributed by atoms with Crippen molar-refractivity contribution in [3.8, 4) is 0 Å². The fraction of sp³-hybridized carbons (Fsp3) is 0.409. The summed E-state index contributed by atoms with van der Waals surface area (Å²) >= 11 is 0. The summed E-state index contributed by atoms with van der Waals surface area (Å²) in [5, 5.41) is 0. The number of ether oxygens (including phenoxy) is 1. The highest BCUT2D eigenvalue weighted by Crippen LogP contribution is 2.34. The van der Waals surface area contributed by atoms with Gasteiger partial charge in [0.2, 0.25) is 0 Å². The van der Waals surface area contributed by atoms with Crippen LogP contribution >= 0.6 is 0 Å². The zero-order valence-electron chi connectivity index (χ0n) is 14.7. The Kier molecular flexibility index (Phi) is 4.69. The summed E-state index contributed by atoms with van der Waals surface area (Å²) < 4.78 is 5.80. The summed E-state index contributed by atoms with van der Waals surface area (Å²) in [4.78, 5) is 15.5. The Morgan fingerprint density at radius 1 is 1.04 bits per heavy atom. The number of aryl methyl sites for hydroxylation is 1.